The highest BCUT2D eigenvalue weighted by Crippen LogP contribution is 2.27. The van der Waals surface area contributed by atoms with Crippen molar-refractivity contribution in [2.24, 2.45) is 5.92 Å². The van der Waals surface area contributed by atoms with Gasteiger partial charge in [0.15, 0.2) is 0 Å². The third-order valence-electron chi connectivity index (χ3n) is 6.38. The van der Waals surface area contributed by atoms with Crippen LogP contribution < -0.4 is 0 Å². The fraction of sp³-hybridized carbons (Fsp3) is 0.423. The highest BCUT2D eigenvalue weighted by atomic mass is 15.3. The second kappa shape index (κ2) is 9.51. The van der Waals surface area contributed by atoms with Crippen molar-refractivity contribution in [3.05, 3.63) is 66.2 Å². The largest absolute Gasteiger partial charge is 0.301 e. The van der Waals surface area contributed by atoms with Crippen LogP contribution in [-0.4, -0.2) is 47.5 Å². The van der Waals surface area contributed by atoms with Crippen LogP contribution in [0.4, 0.5) is 0 Å². The molecule has 0 amide bonds. The number of rotatable bonds is 7. The molecule has 0 atom stereocenters. The van der Waals surface area contributed by atoms with Crippen LogP contribution in [-0.2, 0) is 6.54 Å². The van der Waals surface area contributed by atoms with Crippen molar-refractivity contribution >= 4 is 10.9 Å². The number of pyridine rings is 1. The third kappa shape index (κ3) is 4.85. The molecule has 2 aromatic carbocycles. The molecule has 0 bridgehead atoms. The highest BCUT2D eigenvalue weighted by Gasteiger charge is 2.20. The summed E-state index contributed by atoms with van der Waals surface area (Å²) in [6.07, 6.45) is 2.58. The van der Waals surface area contributed by atoms with E-state index >= 15 is 0 Å². The fourth-order valence-corrected chi connectivity index (χ4v) is 4.41. The number of benzene rings is 2. The van der Waals surface area contributed by atoms with Crippen LogP contribution in [0.25, 0.3) is 22.2 Å². The molecule has 1 fully saturated rings. The molecule has 0 N–H and O–H groups in total. The van der Waals surface area contributed by atoms with Gasteiger partial charge in [0.2, 0.25) is 0 Å². The van der Waals surface area contributed by atoms with Gasteiger partial charge in [-0.2, -0.15) is 0 Å². The maximum Gasteiger partial charge on any atom is 0.0754 e. The van der Waals surface area contributed by atoms with Gasteiger partial charge >= 0.3 is 0 Å². The first kappa shape index (κ1) is 20.1. The second-order valence-electron chi connectivity index (χ2n) is 8.31. The topological polar surface area (TPSA) is 19.4 Å². The molecule has 3 nitrogen and oxygen atoms in total. The monoisotopic (exact) mass is 387 g/mol. The van der Waals surface area contributed by atoms with Crippen LogP contribution in [0.1, 0.15) is 32.3 Å². The number of hydrogen-bond acceptors (Lipinski definition) is 3. The van der Waals surface area contributed by atoms with Crippen molar-refractivity contribution in [2.75, 3.05) is 32.7 Å². The maximum absolute atomic E-state index is 5.05. The van der Waals surface area contributed by atoms with E-state index in [9.17, 15) is 0 Å². The number of fused-ring (bicyclic) bond motifs is 1. The zero-order valence-corrected chi connectivity index (χ0v) is 17.8. The first-order valence-electron chi connectivity index (χ1n) is 11.2. The van der Waals surface area contributed by atoms with Crippen molar-refractivity contribution in [2.45, 2.75) is 33.2 Å². The van der Waals surface area contributed by atoms with Crippen molar-refractivity contribution in [1.29, 1.82) is 0 Å². The lowest BCUT2D eigenvalue weighted by Crippen LogP contribution is -2.47. The molecule has 0 spiro atoms. The van der Waals surface area contributed by atoms with E-state index in [2.05, 4.69) is 84.3 Å². The molecular formula is C26H33N3. The first-order valence-corrected chi connectivity index (χ1v) is 11.2. The Hall–Kier alpha value is -2.23. The van der Waals surface area contributed by atoms with E-state index in [0.717, 1.165) is 36.8 Å². The van der Waals surface area contributed by atoms with Crippen LogP contribution >= 0.6 is 0 Å². The minimum Gasteiger partial charge on any atom is -0.301 e. The molecule has 0 radical (unpaired) electrons. The van der Waals surface area contributed by atoms with Crippen LogP contribution in [0, 0.1) is 5.92 Å². The molecule has 4 rings (SSSR count). The van der Waals surface area contributed by atoms with Crippen molar-refractivity contribution in [3.8, 4) is 11.3 Å². The van der Waals surface area contributed by atoms with E-state index in [1.54, 1.807) is 0 Å². The molecule has 2 heterocycles. The van der Waals surface area contributed by atoms with Crippen LogP contribution in [0.15, 0.2) is 60.7 Å². The molecule has 0 saturated carbocycles. The van der Waals surface area contributed by atoms with Gasteiger partial charge in [0.05, 0.1) is 11.2 Å². The van der Waals surface area contributed by atoms with E-state index in [-0.39, 0.29) is 0 Å². The zero-order chi connectivity index (χ0) is 20.1. The number of para-hydroxylation sites is 1. The van der Waals surface area contributed by atoms with Gasteiger partial charge in [0, 0.05) is 50.2 Å². The average molecular weight is 388 g/mol. The minimum absolute atomic E-state index is 0.843. The van der Waals surface area contributed by atoms with Crippen molar-refractivity contribution in [3.63, 3.8) is 0 Å². The molecule has 1 saturated heterocycles. The first-order chi connectivity index (χ1) is 14.3. The third-order valence-corrected chi connectivity index (χ3v) is 6.38. The molecular weight excluding hydrogens is 354 g/mol. The summed E-state index contributed by atoms with van der Waals surface area (Å²) in [5, 5.41) is 1.23. The predicted octanol–water partition coefficient (Wildman–Crippen LogP) is 5.46. The highest BCUT2D eigenvalue weighted by molar-refractivity contribution is 5.83. The summed E-state index contributed by atoms with van der Waals surface area (Å²) in [6.45, 7) is 11.5. The molecule has 152 valence electrons. The standard InChI is InChI=1S/C26H33N3/c1-3-21(4-2)19-28-14-16-29(17-15-28)20-24-18-23-12-8-9-13-25(23)27-26(24)22-10-6-5-7-11-22/h5-13,18,21H,3-4,14-17,19-20H2,1-2H3. The summed E-state index contributed by atoms with van der Waals surface area (Å²) in [4.78, 5) is 10.3. The lowest BCUT2D eigenvalue weighted by Gasteiger charge is -2.36. The fourth-order valence-electron chi connectivity index (χ4n) is 4.41. The minimum atomic E-state index is 0.843. The molecule has 29 heavy (non-hydrogen) atoms. The molecule has 1 aliphatic rings. The van der Waals surface area contributed by atoms with Gasteiger partial charge in [0.1, 0.15) is 0 Å². The second-order valence-corrected chi connectivity index (χ2v) is 8.31. The summed E-state index contributed by atoms with van der Waals surface area (Å²) < 4.78 is 0. The number of nitrogens with zero attached hydrogens (tertiary/aromatic N) is 3. The van der Waals surface area contributed by atoms with Gasteiger partial charge in [0.25, 0.3) is 0 Å². The summed E-state index contributed by atoms with van der Waals surface area (Å²) in [5.74, 6) is 0.843. The molecule has 1 aliphatic heterocycles. The Morgan fingerprint density at radius 1 is 0.828 bits per heavy atom. The normalized spacial score (nSPS) is 16.0. The van der Waals surface area contributed by atoms with Gasteiger partial charge in [-0.15, -0.1) is 0 Å². The Bertz CT molecular complexity index is 910. The Labute approximate surface area is 175 Å². The summed E-state index contributed by atoms with van der Waals surface area (Å²) in [6, 6.07) is 21.4. The molecule has 3 aromatic rings. The van der Waals surface area contributed by atoms with E-state index in [1.807, 2.05) is 0 Å². The van der Waals surface area contributed by atoms with E-state index in [1.165, 1.54) is 49.0 Å². The maximum atomic E-state index is 5.05. The molecule has 1 aromatic heterocycles. The van der Waals surface area contributed by atoms with Crippen LogP contribution in [0.2, 0.25) is 0 Å². The summed E-state index contributed by atoms with van der Waals surface area (Å²) >= 11 is 0. The smallest absolute Gasteiger partial charge is 0.0754 e. The van der Waals surface area contributed by atoms with Crippen molar-refractivity contribution in [1.82, 2.24) is 14.8 Å². The molecule has 3 heteroatoms. The van der Waals surface area contributed by atoms with E-state index in [4.69, 9.17) is 4.98 Å². The Morgan fingerprint density at radius 2 is 1.48 bits per heavy atom. The van der Waals surface area contributed by atoms with Crippen LogP contribution in [0.3, 0.4) is 0 Å². The van der Waals surface area contributed by atoms with Gasteiger partial charge in [-0.05, 0) is 23.6 Å². The zero-order valence-electron chi connectivity index (χ0n) is 17.8. The number of aromatic nitrogens is 1. The summed E-state index contributed by atoms with van der Waals surface area (Å²) in [5.41, 5.74) is 4.75. The Kier molecular flexibility index (Phi) is 6.58. The number of hydrogen-bond donors (Lipinski definition) is 0. The Balaban J connectivity index is 1.52. The van der Waals surface area contributed by atoms with Gasteiger partial charge < -0.3 is 4.90 Å². The van der Waals surface area contributed by atoms with E-state index in [0.29, 0.717) is 0 Å². The number of piperazine rings is 1. The Morgan fingerprint density at radius 3 is 2.21 bits per heavy atom. The summed E-state index contributed by atoms with van der Waals surface area (Å²) in [7, 11) is 0. The lowest BCUT2D eigenvalue weighted by atomic mass is 10.0. The van der Waals surface area contributed by atoms with E-state index < -0.39 is 0 Å². The van der Waals surface area contributed by atoms with Gasteiger partial charge in [-0.3, -0.25) is 4.90 Å². The van der Waals surface area contributed by atoms with Gasteiger partial charge in [-0.1, -0.05) is 75.2 Å². The van der Waals surface area contributed by atoms with Crippen molar-refractivity contribution < 1.29 is 0 Å². The van der Waals surface area contributed by atoms with Crippen LogP contribution in [0.5, 0.6) is 0 Å². The molecule has 0 aliphatic carbocycles. The lowest BCUT2D eigenvalue weighted by molar-refractivity contribution is 0.111. The SMILES string of the molecule is CCC(CC)CN1CCN(Cc2cc3ccccc3nc2-c2ccccc2)CC1. The van der Waals surface area contributed by atoms with Gasteiger partial charge in [-0.25, -0.2) is 4.98 Å². The predicted molar refractivity (Wildman–Crippen MR) is 123 cm³/mol. The quantitative estimate of drug-likeness (QED) is 0.537. The average Bonchev–Trinajstić information content (AvgIpc) is 2.78. The molecule has 0 unspecified atom stereocenters.